The lowest BCUT2D eigenvalue weighted by Gasteiger charge is -2.04. The van der Waals surface area contributed by atoms with Crippen molar-refractivity contribution in [3.05, 3.63) is 23.8 Å². The molecule has 1 heterocycles. The van der Waals surface area contributed by atoms with Gasteiger partial charge in [0.15, 0.2) is 0 Å². The van der Waals surface area contributed by atoms with Crippen LogP contribution >= 0.6 is 24.0 Å². The lowest BCUT2D eigenvalue weighted by atomic mass is 10.0. The molecule has 3 heteroatoms. The number of benzene rings is 1. The van der Waals surface area contributed by atoms with Crippen LogP contribution in [0.3, 0.4) is 0 Å². The van der Waals surface area contributed by atoms with Crippen LogP contribution < -0.4 is 0 Å². The molecule has 13 heavy (non-hydrogen) atoms. The average molecular weight is 209 g/mol. The SMILES string of the molecule is CC(C)c1cccc2sc(S)nc12. The Morgan fingerprint density at radius 3 is 2.85 bits per heavy atom. The molecule has 0 N–H and O–H groups in total. The third-order valence-corrected chi connectivity index (χ3v) is 3.26. The van der Waals surface area contributed by atoms with Crippen LogP contribution in [0, 0.1) is 0 Å². The summed E-state index contributed by atoms with van der Waals surface area (Å²) in [5, 5.41) is 0. The second-order valence-electron chi connectivity index (χ2n) is 3.35. The zero-order chi connectivity index (χ0) is 9.42. The van der Waals surface area contributed by atoms with Gasteiger partial charge in [0.1, 0.15) is 4.34 Å². The van der Waals surface area contributed by atoms with E-state index in [1.54, 1.807) is 11.3 Å². The number of rotatable bonds is 1. The van der Waals surface area contributed by atoms with Gasteiger partial charge in [-0.2, -0.15) is 0 Å². The molecule has 1 nitrogen and oxygen atoms in total. The summed E-state index contributed by atoms with van der Waals surface area (Å²) in [6, 6.07) is 6.32. The molecule has 0 aliphatic rings. The first-order valence-corrected chi connectivity index (χ1v) is 5.53. The number of aromatic nitrogens is 1. The van der Waals surface area contributed by atoms with Crippen molar-refractivity contribution in [3.63, 3.8) is 0 Å². The quantitative estimate of drug-likeness (QED) is 0.706. The third-order valence-electron chi connectivity index (χ3n) is 2.06. The van der Waals surface area contributed by atoms with Gasteiger partial charge in [0.05, 0.1) is 10.2 Å². The Morgan fingerprint density at radius 1 is 1.38 bits per heavy atom. The van der Waals surface area contributed by atoms with Crippen molar-refractivity contribution in [2.45, 2.75) is 24.1 Å². The summed E-state index contributed by atoms with van der Waals surface area (Å²) in [5.74, 6) is 0.526. The summed E-state index contributed by atoms with van der Waals surface area (Å²) in [6.07, 6.45) is 0. The Hall–Kier alpha value is -0.540. The van der Waals surface area contributed by atoms with Gasteiger partial charge in [-0.1, -0.05) is 26.0 Å². The number of thiol groups is 1. The summed E-state index contributed by atoms with van der Waals surface area (Å²) in [5.41, 5.74) is 2.43. The molecule has 0 saturated carbocycles. The van der Waals surface area contributed by atoms with E-state index in [1.807, 2.05) is 0 Å². The van der Waals surface area contributed by atoms with Gasteiger partial charge in [-0.15, -0.1) is 24.0 Å². The zero-order valence-corrected chi connectivity index (χ0v) is 9.32. The highest BCUT2D eigenvalue weighted by Crippen LogP contribution is 2.30. The van der Waals surface area contributed by atoms with Gasteiger partial charge in [-0.3, -0.25) is 0 Å². The number of thiazole rings is 1. The maximum Gasteiger partial charge on any atom is 0.148 e. The van der Waals surface area contributed by atoms with Crippen LogP contribution in [0.2, 0.25) is 0 Å². The highest BCUT2D eigenvalue weighted by Gasteiger charge is 2.08. The first-order valence-electron chi connectivity index (χ1n) is 4.27. The van der Waals surface area contributed by atoms with Gasteiger partial charge in [-0.25, -0.2) is 4.98 Å². The average Bonchev–Trinajstić information content (AvgIpc) is 2.43. The Bertz CT molecular complexity index is 431. The lowest BCUT2D eigenvalue weighted by molar-refractivity contribution is 0.872. The van der Waals surface area contributed by atoms with Gasteiger partial charge in [0.2, 0.25) is 0 Å². The molecule has 2 aromatic rings. The first-order chi connectivity index (χ1) is 6.18. The summed E-state index contributed by atoms with van der Waals surface area (Å²) in [4.78, 5) is 4.42. The first kappa shape index (κ1) is 9.03. The van der Waals surface area contributed by atoms with Crippen LogP contribution in [0.1, 0.15) is 25.3 Å². The van der Waals surface area contributed by atoms with Crippen molar-refractivity contribution < 1.29 is 0 Å². The van der Waals surface area contributed by atoms with E-state index in [0.29, 0.717) is 5.92 Å². The van der Waals surface area contributed by atoms with E-state index in [2.05, 4.69) is 49.7 Å². The molecule has 2 rings (SSSR count). The maximum atomic E-state index is 4.42. The number of fused-ring (bicyclic) bond motifs is 1. The molecule has 0 saturated heterocycles. The van der Waals surface area contributed by atoms with Crippen LogP contribution in [-0.4, -0.2) is 4.98 Å². The van der Waals surface area contributed by atoms with E-state index >= 15 is 0 Å². The largest absolute Gasteiger partial charge is 0.230 e. The number of nitrogens with zero attached hydrogens (tertiary/aromatic N) is 1. The van der Waals surface area contributed by atoms with Gasteiger partial charge < -0.3 is 0 Å². The summed E-state index contributed by atoms with van der Waals surface area (Å²) >= 11 is 5.90. The minimum absolute atomic E-state index is 0.526. The highest BCUT2D eigenvalue weighted by atomic mass is 32.2. The smallest absolute Gasteiger partial charge is 0.148 e. The molecular weight excluding hydrogens is 198 g/mol. The van der Waals surface area contributed by atoms with Crippen molar-refractivity contribution in [1.29, 1.82) is 0 Å². The molecular formula is C10H11NS2. The van der Waals surface area contributed by atoms with E-state index in [0.717, 1.165) is 9.86 Å². The Labute approximate surface area is 87.2 Å². The van der Waals surface area contributed by atoms with E-state index in [4.69, 9.17) is 0 Å². The lowest BCUT2D eigenvalue weighted by Crippen LogP contribution is -1.87. The van der Waals surface area contributed by atoms with E-state index in [1.165, 1.54) is 10.3 Å². The fourth-order valence-corrected chi connectivity index (χ4v) is 2.56. The summed E-state index contributed by atoms with van der Waals surface area (Å²) in [7, 11) is 0. The van der Waals surface area contributed by atoms with E-state index in [9.17, 15) is 0 Å². The van der Waals surface area contributed by atoms with Crippen LogP contribution in [0.5, 0.6) is 0 Å². The minimum Gasteiger partial charge on any atom is -0.230 e. The molecule has 0 aliphatic carbocycles. The van der Waals surface area contributed by atoms with Crippen molar-refractivity contribution in [3.8, 4) is 0 Å². The number of hydrogen-bond donors (Lipinski definition) is 1. The van der Waals surface area contributed by atoms with Gasteiger partial charge in [-0.05, 0) is 17.5 Å². The molecule has 0 amide bonds. The standard InChI is InChI=1S/C10H11NS2/c1-6(2)7-4-3-5-8-9(7)11-10(12)13-8/h3-6H,1-2H3,(H,11,12). The van der Waals surface area contributed by atoms with Gasteiger partial charge in [0, 0.05) is 0 Å². The maximum absolute atomic E-state index is 4.42. The van der Waals surface area contributed by atoms with Crippen molar-refractivity contribution in [1.82, 2.24) is 4.98 Å². The normalized spacial score (nSPS) is 11.4. The van der Waals surface area contributed by atoms with Crippen LogP contribution in [0.15, 0.2) is 22.5 Å². The molecule has 0 unspecified atom stereocenters. The minimum atomic E-state index is 0.526. The molecule has 0 fully saturated rings. The third kappa shape index (κ3) is 1.58. The monoisotopic (exact) mass is 209 g/mol. The number of hydrogen-bond acceptors (Lipinski definition) is 3. The van der Waals surface area contributed by atoms with Gasteiger partial charge in [0.25, 0.3) is 0 Å². The van der Waals surface area contributed by atoms with Crippen molar-refractivity contribution >= 4 is 34.2 Å². The molecule has 0 radical (unpaired) electrons. The summed E-state index contributed by atoms with van der Waals surface area (Å²) < 4.78 is 2.08. The van der Waals surface area contributed by atoms with Crippen LogP contribution in [0.4, 0.5) is 0 Å². The van der Waals surface area contributed by atoms with Crippen LogP contribution in [-0.2, 0) is 0 Å². The number of para-hydroxylation sites is 1. The van der Waals surface area contributed by atoms with Crippen molar-refractivity contribution in [2.24, 2.45) is 0 Å². The molecule has 0 atom stereocenters. The Balaban J connectivity index is 2.75. The topological polar surface area (TPSA) is 12.9 Å². The van der Waals surface area contributed by atoms with E-state index < -0.39 is 0 Å². The molecule has 68 valence electrons. The Kier molecular flexibility index (Phi) is 2.30. The highest BCUT2D eigenvalue weighted by molar-refractivity contribution is 7.82. The second-order valence-corrected chi connectivity index (χ2v) is 5.10. The van der Waals surface area contributed by atoms with Crippen LogP contribution in [0.25, 0.3) is 10.2 Å². The second kappa shape index (κ2) is 3.31. The predicted molar refractivity (Wildman–Crippen MR) is 61.0 cm³/mol. The predicted octanol–water partition coefficient (Wildman–Crippen LogP) is 3.71. The molecule has 0 bridgehead atoms. The fourth-order valence-electron chi connectivity index (χ4n) is 1.42. The molecule has 1 aromatic heterocycles. The Morgan fingerprint density at radius 2 is 2.15 bits per heavy atom. The van der Waals surface area contributed by atoms with Gasteiger partial charge >= 0.3 is 0 Å². The zero-order valence-electron chi connectivity index (χ0n) is 7.61. The molecule has 0 spiro atoms. The summed E-state index contributed by atoms with van der Waals surface area (Å²) in [6.45, 7) is 4.37. The fraction of sp³-hybridized carbons (Fsp3) is 0.300. The van der Waals surface area contributed by atoms with Crippen molar-refractivity contribution in [2.75, 3.05) is 0 Å². The molecule has 0 aliphatic heterocycles. The molecule has 1 aromatic carbocycles. The van der Waals surface area contributed by atoms with E-state index in [-0.39, 0.29) is 0 Å².